The predicted octanol–water partition coefficient (Wildman–Crippen LogP) is 6.00. The maximum Gasteiger partial charge on any atom is 0.472 e. The van der Waals surface area contributed by atoms with Crippen LogP contribution in [0.4, 0.5) is 4.79 Å². The molecule has 202 valence electrons. The molecule has 0 aromatic heterocycles. The van der Waals surface area contributed by atoms with Crippen LogP contribution >= 0.6 is 7.82 Å². The number of likely N-dealkylation sites (N-methyl/N-ethyl adjacent to an activating group) is 1. The maximum atomic E-state index is 12.7. The Morgan fingerprint density at radius 3 is 2.06 bits per heavy atom. The Balaban J connectivity index is 2.45. The molecule has 0 heterocycles. The van der Waals surface area contributed by atoms with Crippen LogP contribution in [0.1, 0.15) is 70.3 Å². The molecule has 35 heavy (non-hydrogen) atoms. The number of carbonyl (C=O) groups is 1. The van der Waals surface area contributed by atoms with Crippen LogP contribution in [-0.2, 0) is 25.0 Å². The second-order valence-corrected chi connectivity index (χ2v) is 11.5. The summed E-state index contributed by atoms with van der Waals surface area (Å²) in [6.45, 7) is 3.67. The molecular weight excluding hydrogens is 467 g/mol. The standard InChI is InChI=1S/C26H47N2O6P/c1-5-6-7-8-9-10-11-12-16-19-27(26(29)32-24-25-17-14-13-15-18-25)20-22-33-35(30,31)34-23-21-28(2,3)4/h13-15,17-18H,5-12,16,19-24H2,1-4H3/p+1. The summed E-state index contributed by atoms with van der Waals surface area (Å²) in [4.78, 5) is 24.2. The summed E-state index contributed by atoms with van der Waals surface area (Å²) in [6, 6.07) is 9.51. The van der Waals surface area contributed by atoms with E-state index in [1.54, 1.807) is 4.90 Å². The topological polar surface area (TPSA) is 85.3 Å². The lowest BCUT2D eigenvalue weighted by Gasteiger charge is -2.24. The third-order valence-corrected chi connectivity index (χ3v) is 6.64. The first-order chi connectivity index (χ1) is 16.6. The van der Waals surface area contributed by atoms with Crippen LogP contribution in [0.5, 0.6) is 0 Å². The zero-order valence-electron chi connectivity index (χ0n) is 22.3. The number of ether oxygens (including phenoxy) is 1. The van der Waals surface area contributed by atoms with Gasteiger partial charge in [-0.1, -0.05) is 88.6 Å². The number of unbranched alkanes of at least 4 members (excludes halogenated alkanes) is 8. The van der Waals surface area contributed by atoms with Crippen molar-refractivity contribution in [2.45, 2.75) is 71.3 Å². The summed E-state index contributed by atoms with van der Waals surface area (Å²) >= 11 is 0. The molecule has 1 rings (SSSR count). The van der Waals surface area contributed by atoms with E-state index in [1.165, 1.54) is 38.5 Å². The summed E-state index contributed by atoms with van der Waals surface area (Å²) in [7, 11) is 1.74. The summed E-state index contributed by atoms with van der Waals surface area (Å²) in [5.41, 5.74) is 0.908. The fourth-order valence-corrected chi connectivity index (χ4v) is 4.15. The summed E-state index contributed by atoms with van der Waals surface area (Å²) in [5, 5.41) is 0. The first kappa shape index (κ1) is 31.6. The fraction of sp³-hybridized carbons (Fsp3) is 0.731. The minimum absolute atomic E-state index is 0.101. The quantitative estimate of drug-likeness (QED) is 0.130. The molecule has 0 radical (unpaired) electrons. The van der Waals surface area contributed by atoms with Crippen molar-refractivity contribution in [3.63, 3.8) is 0 Å². The number of phosphoric ester groups is 1. The lowest BCUT2D eigenvalue weighted by molar-refractivity contribution is -0.870. The van der Waals surface area contributed by atoms with E-state index in [-0.39, 0.29) is 26.4 Å². The van der Waals surface area contributed by atoms with E-state index in [9.17, 15) is 14.3 Å². The number of nitrogens with zero attached hydrogens (tertiary/aromatic N) is 2. The first-order valence-electron chi connectivity index (χ1n) is 13.0. The minimum Gasteiger partial charge on any atom is -0.445 e. The largest absolute Gasteiger partial charge is 0.472 e. The average molecular weight is 516 g/mol. The van der Waals surface area contributed by atoms with Gasteiger partial charge in [0.15, 0.2) is 0 Å². The molecule has 1 unspecified atom stereocenters. The van der Waals surface area contributed by atoms with Crippen molar-refractivity contribution in [2.24, 2.45) is 0 Å². The van der Waals surface area contributed by atoms with Crippen molar-refractivity contribution in [1.82, 2.24) is 4.90 Å². The van der Waals surface area contributed by atoms with Crippen LogP contribution in [0.25, 0.3) is 0 Å². The Labute approximate surface area is 212 Å². The molecule has 1 N–H and O–H groups in total. The molecule has 1 aromatic carbocycles. The zero-order valence-corrected chi connectivity index (χ0v) is 23.2. The molecule has 0 aliphatic rings. The second-order valence-electron chi connectivity index (χ2n) is 10.0. The van der Waals surface area contributed by atoms with Gasteiger partial charge in [0.2, 0.25) is 0 Å². The van der Waals surface area contributed by atoms with Crippen molar-refractivity contribution in [1.29, 1.82) is 0 Å². The van der Waals surface area contributed by atoms with Crippen molar-refractivity contribution >= 4 is 13.9 Å². The zero-order chi connectivity index (χ0) is 26.0. The number of amides is 1. The molecule has 0 aliphatic heterocycles. The van der Waals surface area contributed by atoms with Gasteiger partial charge in [0.1, 0.15) is 19.8 Å². The summed E-state index contributed by atoms with van der Waals surface area (Å²) in [6.07, 6.45) is 10.2. The monoisotopic (exact) mass is 515 g/mol. The molecule has 0 fully saturated rings. The Kier molecular flexibility index (Phi) is 16.2. The minimum atomic E-state index is -4.17. The van der Waals surface area contributed by atoms with Gasteiger partial charge in [0.25, 0.3) is 0 Å². The highest BCUT2D eigenvalue weighted by molar-refractivity contribution is 7.47. The average Bonchev–Trinajstić information content (AvgIpc) is 2.80. The van der Waals surface area contributed by atoms with E-state index in [4.69, 9.17) is 13.8 Å². The van der Waals surface area contributed by atoms with Gasteiger partial charge in [-0.25, -0.2) is 9.36 Å². The Hall–Kier alpha value is -1.44. The van der Waals surface area contributed by atoms with E-state index in [2.05, 4.69) is 6.92 Å². The smallest absolute Gasteiger partial charge is 0.445 e. The molecule has 0 bridgehead atoms. The number of hydrogen-bond donors (Lipinski definition) is 1. The van der Waals surface area contributed by atoms with Crippen LogP contribution in [0.2, 0.25) is 0 Å². The lowest BCUT2D eigenvalue weighted by Crippen LogP contribution is -2.37. The van der Waals surface area contributed by atoms with Gasteiger partial charge in [-0.15, -0.1) is 0 Å². The van der Waals surface area contributed by atoms with E-state index < -0.39 is 13.9 Å². The normalized spacial score (nSPS) is 13.4. The number of rotatable bonds is 20. The molecule has 0 saturated carbocycles. The van der Waals surface area contributed by atoms with E-state index in [0.717, 1.165) is 24.8 Å². The summed E-state index contributed by atoms with van der Waals surface area (Å²) in [5.74, 6) is 0. The molecule has 1 aromatic rings. The number of quaternary nitrogens is 1. The van der Waals surface area contributed by atoms with Gasteiger partial charge >= 0.3 is 13.9 Å². The predicted molar refractivity (Wildman–Crippen MR) is 140 cm³/mol. The van der Waals surface area contributed by atoms with Crippen LogP contribution in [0.15, 0.2) is 30.3 Å². The molecule has 0 saturated heterocycles. The van der Waals surface area contributed by atoms with Crippen molar-refractivity contribution < 1.29 is 32.5 Å². The SMILES string of the molecule is CCCCCCCCCCCN(CCOP(=O)(O)OCC[N+](C)(C)C)C(=O)OCc1ccccc1. The third-order valence-electron chi connectivity index (χ3n) is 5.63. The second kappa shape index (κ2) is 17.9. The highest BCUT2D eigenvalue weighted by Crippen LogP contribution is 2.42. The molecule has 9 heteroatoms. The summed E-state index contributed by atoms with van der Waals surface area (Å²) < 4.78 is 28.4. The number of benzene rings is 1. The van der Waals surface area contributed by atoms with E-state index >= 15 is 0 Å². The van der Waals surface area contributed by atoms with Crippen LogP contribution < -0.4 is 0 Å². The van der Waals surface area contributed by atoms with Gasteiger partial charge in [0, 0.05) is 13.1 Å². The van der Waals surface area contributed by atoms with Gasteiger partial charge in [-0.05, 0) is 12.0 Å². The molecule has 1 atom stereocenters. The highest BCUT2D eigenvalue weighted by Gasteiger charge is 2.24. The van der Waals surface area contributed by atoms with Gasteiger partial charge in [0.05, 0.1) is 27.7 Å². The molecule has 0 aliphatic carbocycles. The van der Waals surface area contributed by atoms with Crippen molar-refractivity contribution in [3.05, 3.63) is 35.9 Å². The number of carbonyl (C=O) groups excluding carboxylic acids is 1. The van der Waals surface area contributed by atoms with E-state index in [1.807, 2.05) is 51.5 Å². The van der Waals surface area contributed by atoms with Crippen molar-refractivity contribution in [2.75, 3.05) is 54.0 Å². The van der Waals surface area contributed by atoms with Gasteiger partial charge in [-0.3, -0.25) is 9.05 Å². The molecule has 1 amide bonds. The molecule has 8 nitrogen and oxygen atoms in total. The van der Waals surface area contributed by atoms with Crippen LogP contribution in [0, 0.1) is 0 Å². The number of phosphoric acid groups is 1. The van der Waals surface area contributed by atoms with Gasteiger partial charge in [-0.2, -0.15) is 0 Å². The van der Waals surface area contributed by atoms with E-state index in [0.29, 0.717) is 17.6 Å². The van der Waals surface area contributed by atoms with Crippen molar-refractivity contribution in [3.8, 4) is 0 Å². The van der Waals surface area contributed by atoms with Crippen LogP contribution in [0.3, 0.4) is 0 Å². The third kappa shape index (κ3) is 17.6. The Bertz CT molecular complexity index is 726. The highest BCUT2D eigenvalue weighted by atomic mass is 31.2. The Morgan fingerprint density at radius 2 is 1.46 bits per heavy atom. The lowest BCUT2D eigenvalue weighted by atomic mass is 10.1. The van der Waals surface area contributed by atoms with Gasteiger partial charge < -0.3 is 19.0 Å². The maximum absolute atomic E-state index is 12.7. The first-order valence-corrected chi connectivity index (χ1v) is 14.5. The Morgan fingerprint density at radius 1 is 0.886 bits per heavy atom. The van der Waals surface area contributed by atoms with Crippen LogP contribution in [-0.4, -0.2) is 74.4 Å². The fourth-order valence-electron chi connectivity index (χ4n) is 3.45. The molecular formula is C26H48N2O6P+. The number of hydrogen-bond acceptors (Lipinski definition) is 5. The molecule has 0 spiro atoms.